The smallest absolute Gasteiger partial charge is 0.269 e. The molecule has 1 amide bonds. The fourth-order valence-corrected chi connectivity index (χ4v) is 2.76. The van der Waals surface area contributed by atoms with Crippen LogP contribution in [0.2, 0.25) is 0 Å². The van der Waals surface area contributed by atoms with Gasteiger partial charge in [0.15, 0.2) is 0 Å². The number of amides is 1. The molecular formula is C16H20ClN5O3. The lowest BCUT2D eigenvalue weighted by molar-refractivity contribution is -0.384. The van der Waals surface area contributed by atoms with Crippen LogP contribution in [0.15, 0.2) is 36.7 Å². The predicted octanol–water partition coefficient (Wildman–Crippen LogP) is 1.93. The second-order valence-corrected chi connectivity index (χ2v) is 5.85. The molecule has 9 heteroatoms. The first-order valence-corrected chi connectivity index (χ1v) is 7.92. The summed E-state index contributed by atoms with van der Waals surface area (Å²) >= 11 is 0. The summed E-state index contributed by atoms with van der Waals surface area (Å²) < 4.78 is 1.53. The number of benzene rings is 1. The molecule has 0 spiro atoms. The molecule has 1 saturated heterocycles. The zero-order chi connectivity index (χ0) is 16.9. The molecule has 1 aliphatic rings. The van der Waals surface area contributed by atoms with Gasteiger partial charge in [-0.25, -0.2) is 4.68 Å². The Kier molecular flexibility index (Phi) is 6.49. The minimum atomic E-state index is -0.453. The number of nitro groups is 1. The number of aromatic nitrogens is 2. The number of hydrogen-bond donors (Lipinski definition) is 2. The lowest BCUT2D eigenvalue weighted by Gasteiger charge is -2.08. The van der Waals surface area contributed by atoms with Crippen molar-refractivity contribution in [3.8, 4) is 5.69 Å². The topological polar surface area (TPSA) is 102 Å². The van der Waals surface area contributed by atoms with Gasteiger partial charge in [-0.2, -0.15) is 5.10 Å². The Labute approximate surface area is 151 Å². The standard InChI is InChI=1S/C16H19N5O3.ClH/c22-16(18-8-6-12-5-7-17-9-12)13-10-19-20(11-13)14-1-3-15(4-2-14)21(23)24;/h1-4,10-12,17H,5-9H2,(H,18,22);1H. The van der Waals surface area contributed by atoms with E-state index in [0.29, 0.717) is 23.7 Å². The number of hydrogen-bond acceptors (Lipinski definition) is 5. The van der Waals surface area contributed by atoms with Crippen molar-refractivity contribution in [2.75, 3.05) is 19.6 Å². The summed E-state index contributed by atoms with van der Waals surface area (Å²) in [4.78, 5) is 22.3. The summed E-state index contributed by atoms with van der Waals surface area (Å²) in [6, 6.07) is 6.01. The molecule has 1 aromatic carbocycles. The largest absolute Gasteiger partial charge is 0.352 e. The van der Waals surface area contributed by atoms with Crippen LogP contribution >= 0.6 is 12.4 Å². The third kappa shape index (κ3) is 4.77. The van der Waals surface area contributed by atoms with E-state index in [4.69, 9.17) is 0 Å². The zero-order valence-corrected chi connectivity index (χ0v) is 14.4. The van der Waals surface area contributed by atoms with E-state index in [-0.39, 0.29) is 24.0 Å². The number of non-ortho nitro benzene ring substituents is 1. The molecule has 1 aromatic heterocycles. The quantitative estimate of drug-likeness (QED) is 0.601. The Morgan fingerprint density at radius 1 is 1.40 bits per heavy atom. The van der Waals surface area contributed by atoms with E-state index < -0.39 is 4.92 Å². The van der Waals surface area contributed by atoms with Crippen LogP contribution in [-0.2, 0) is 0 Å². The molecular weight excluding hydrogens is 346 g/mol. The molecule has 1 atom stereocenters. The molecule has 25 heavy (non-hydrogen) atoms. The molecule has 0 saturated carbocycles. The van der Waals surface area contributed by atoms with Gasteiger partial charge in [0.25, 0.3) is 11.6 Å². The molecule has 1 aliphatic heterocycles. The number of nitrogens with one attached hydrogen (secondary N) is 2. The van der Waals surface area contributed by atoms with Gasteiger partial charge in [0.05, 0.1) is 22.4 Å². The van der Waals surface area contributed by atoms with E-state index in [1.807, 2.05) is 0 Å². The summed E-state index contributed by atoms with van der Waals surface area (Å²) in [6.45, 7) is 2.72. The summed E-state index contributed by atoms with van der Waals surface area (Å²) in [5.74, 6) is 0.474. The fraction of sp³-hybridized carbons (Fsp3) is 0.375. The summed E-state index contributed by atoms with van der Waals surface area (Å²) in [5, 5.41) is 21.0. The van der Waals surface area contributed by atoms with Crippen molar-refractivity contribution in [2.24, 2.45) is 5.92 Å². The molecule has 0 radical (unpaired) electrons. The first-order valence-electron chi connectivity index (χ1n) is 7.92. The first kappa shape index (κ1) is 18.9. The van der Waals surface area contributed by atoms with Crippen molar-refractivity contribution in [1.29, 1.82) is 0 Å². The van der Waals surface area contributed by atoms with E-state index in [1.54, 1.807) is 18.3 Å². The lowest BCUT2D eigenvalue weighted by Crippen LogP contribution is -2.26. The maximum atomic E-state index is 12.1. The molecule has 0 aliphatic carbocycles. The molecule has 1 fully saturated rings. The zero-order valence-electron chi connectivity index (χ0n) is 13.6. The van der Waals surface area contributed by atoms with Gasteiger partial charge < -0.3 is 10.6 Å². The number of carbonyl (C=O) groups is 1. The molecule has 0 bridgehead atoms. The molecule has 134 valence electrons. The van der Waals surface area contributed by atoms with Crippen LogP contribution < -0.4 is 10.6 Å². The van der Waals surface area contributed by atoms with Crippen LogP contribution in [0.3, 0.4) is 0 Å². The number of nitro benzene ring substituents is 1. The number of rotatable bonds is 6. The van der Waals surface area contributed by atoms with Gasteiger partial charge >= 0.3 is 0 Å². The third-order valence-electron chi connectivity index (χ3n) is 4.17. The average Bonchev–Trinajstić information content (AvgIpc) is 3.26. The van der Waals surface area contributed by atoms with Crippen molar-refractivity contribution in [3.05, 3.63) is 52.3 Å². The van der Waals surface area contributed by atoms with Crippen LogP contribution in [0.25, 0.3) is 5.69 Å². The second-order valence-electron chi connectivity index (χ2n) is 5.85. The highest BCUT2D eigenvalue weighted by atomic mass is 35.5. The van der Waals surface area contributed by atoms with Gasteiger partial charge in [-0.05, 0) is 44.0 Å². The van der Waals surface area contributed by atoms with Gasteiger partial charge in [-0.1, -0.05) is 0 Å². The van der Waals surface area contributed by atoms with Crippen molar-refractivity contribution in [2.45, 2.75) is 12.8 Å². The molecule has 2 N–H and O–H groups in total. The number of nitrogens with zero attached hydrogens (tertiary/aromatic N) is 3. The fourth-order valence-electron chi connectivity index (χ4n) is 2.76. The number of halogens is 1. The Morgan fingerprint density at radius 3 is 2.80 bits per heavy atom. The van der Waals surface area contributed by atoms with Gasteiger partial charge in [0, 0.05) is 24.9 Å². The van der Waals surface area contributed by atoms with Crippen molar-refractivity contribution in [1.82, 2.24) is 20.4 Å². The van der Waals surface area contributed by atoms with Crippen molar-refractivity contribution >= 4 is 24.0 Å². The van der Waals surface area contributed by atoms with Gasteiger partial charge in [-0.3, -0.25) is 14.9 Å². The Balaban J connectivity index is 0.00000225. The molecule has 2 heterocycles. The normalized spacial score (nSPS) is 16.2. The van der Waals surface area contributed by atoms with Crippen LogP contribution in [0.1, 0.15) is 23.2 Å². The Morgan fingerprint density at radius 2 is 2.16 bits per heavy atom. The summed E-state index contributed by atoms with van der Waals surface area (Å²) in [7, 11) is 0. The third-order valence-corrected chi connectivity index (χ3v) is 4.17. The second kappa shape index (κ2) is 8.59. The van der Waals surface area contributed by atoms with E-state index in [0.717, 1.165) is 25.9 Å². The molecule has 1 unspecified atom stereocenters. The predicted molar refractivity (Wildman–Crippen MR) is 95.4 cm³/mol. The van der Waals surface area contributed by atoms with Gasteiger partial charge in [0.1, 0.15) is 0 Å². The monoisotopic (exact) mass is 365 g/mol. The highest BCUT2D eigenvalue weighted by Gasteiger charge is 2.15. The van der Waals surface area contributed by atoms with Gasteiger partial charge in [-0.15, -0.1) is 12.4 Å². The van der Waals surface area contributed by atoms with Crippen LogP contribution in [0.5, 0.6) is 0 Å². The van der Waals surface area contributed by atoms with Crippen molar-refractivity contribution in [3.63, 3.8) is 0 Å². The van der Waals surface area contributed by atoms with Crippen LogP contribution in [-0.4, -0.2) is 40.2 Å². The maximum absolute atomic E-state index is 12.1. The first-order chi connectivity index (χ1) is 11.6. The van der Waals surface area contributed by atoms with E-state index >= 15 is 0 Å². The Bertz CT molecular complexity index is 726. The maximum Gasteiger partial charge on any atom is 0.269 e. The minimum absolute atomic E-state index is 0. The molecule has 3 rings (SSSR count). The van der Waals surface area contributed by atoms with Gasteiger partial charge in [0.2, 0.25) is 0 Å². The van der Waals surface area contributed by atoms with E-state index in [9.17, 15) is 14.9 Å². The highest BCUT2D eigenvalue weighted by Crippen LogP contribution is 2.15. The SMILES string of the molecule is Cl.O=C(NCCC1CCNC1)c1cnn(-c2ccc([N+](=O)[O-])cc2)c1. The van der Waals surface area contributed by atoms with E-state index in [1.165, 1.54) is 23.0 Å². The number of carbonyl (C=O) groups excluding carboxylic acids is 1. The van der Waals surface area contributed by atoms with Crippen LogP contribution in [0.4, 0.5) is 5.69 Å². The van der Waals surface area contributed by atoms with Crippen molar-refractivity contribution < 1.29 is 9.72 Å². The molecule has 2 aromatic rings. The molecule has 8 nitrogen and oxygen atoms in total. The summed E-state index contributed by atoms with van der Waals surface area (Å²) in [5.41, 5.74) is 1.15. The van der Waals surface area contributed by atoms with E-state index in [2.05, 4.69) is 15.7 Å². The highest BCUT2D eigenvalue weighted by molar-refractivity contribution is 5.93. The minimum Gasteiger partial charge on any atom is -0.352 e. The average molecular weight is 366 g/mol. The lowest BCUT2D eigenvalue weighted by atomic mass is 10.1. The Hall–Kier alpha value is -2.45. The summed E-state index contributed by atoms with van der Waals surface area (Å²) in [6.07, 6.45) is 5.24. The van der Waals surface area contributed by atoms with Crippen LogP contribution in [0, 0.1) is 16.0 Å².